The van der Waals surface area contributed by atoms with Crippen molar-refractivity contribution in [2.75, 3.05) is 11.9 Å². The lowest BCUT2D eigenvalue weighted by atomic mass is 10.4. The van der Waals surface area contributed by atoms with E-state index in [-0.39, 0.29) is 6.54 Å². The summed E-state index contributed by atoms with van der Waals surface area (Å²) >= 11 is 0. The number of anilines is 1. The number of nitrogens with one attached hydrogen (secondary N) is 1. The molecule has 2 heterocycles. The van der Waals surface area contributed by atoms with Gasteiger partial charge in [0.05, 0.1) is 5.69 Å². The number of carboxylic acid groups (broad SMARTS) is 1. The minimum Gasteiger partial charge on any atom is -0.480 e. The Hall–Kier alpha value is -2.18. The van der Waals surface area contributed by atoms with Gasteiger partial charge in [-0.2, -0.15) is 4.98 Å². The predicted molar refractivity (Wildman–Crippen MR) is 61.9 cm³/mol. The van der Waals surface area contributed by atoms with E-state index in [1.165, 1.54) is 0 Å². The van der Waals surface area contributed by atoms with Gasteiger partial charge in [0, 0.05) is 7.05 Å². The molecule has 0 atom stereocenters. The number of hydrogen-bond acceptors (Lipinski definition) is 5. The molecule has 0 aliphatic heterocycles. The highest BCUT2D eigenvalue weighted by molar-refractivity contribution is 5.76. The summed E-state index contributed by atoms with van der Waals surface area (Å²) in [5.74, 6) is 0.195. The van der Waals surface area contributed by atoms with Crippen LogP contribution >= 0.6 is 0 Å². The molecule has 17 heavy (non-hydrogen) atoms. The fraction of sp³-hybridized carbons (Fsp3) is 0.400. The maximum absolute atomic E-state index is 10.5. The van der Waals surface area contributed by atoms with E-state index in [1.54, 1.807) is 0 Å². The van der Waals surface area contributed by atoms with E-state index in [4.69, 9.17) is 5.11 Å². The van der Waals surface area contributed by atoms with Gasteiger partial charge < -0.3 is 15.0 Å². The molecule has 0 spiro atoms. The van der Waals surface area contributed by atoms with Crippen molar-refractivity contribution in [2.24, 2.45) is 7.05 Å². The molecule has 0 saturated carbocycles. The third-order valence-corrected chi connectivity index (χ3v) is 2.51. The van der Waals surface area contributed by atoms with E-state index >= 15 is 0 Å². The predicted octanol–water partition coefficient (Wildman–Crippen LogP) is 0.477. The Kier molecular flexibility index (Phi) is 2.66. The number of fused-ring (bicyclic) bond motifs is 1. The Morgan fingerprint density at radius 1 is 1.35 bits per heavy atom. The van der Waals surface area contributed by atoms with Crippen molar-refractivity contribution in [3.63, 3.8) is 0 Å². The van der Waals surface area contributed by atoms with Crippen LogP contribution in [0.2, 0.25) is 0 Å². The van der Waals surface area contributed by atoms with Crippen LogP contribution in [0.4, 0.5) is 5.95 Å². The molecule has 90 valence electrons. The zero-order valence-corrected chi connectivity index (χ0v) is 9.85. The Labute approximate surface area is 97.5 Å². The van der Waals surface area contributed by atoms with E-state index in [9.17, 15) is 4.79 Å². The second-order valence-corrected chi connectivity index (χ2v) is 3.77. The van der Waals surface area contributed by atoms with Crippen LogP contribution in [0.5, 0.6) is 0 Å². The highest BCUT2D eigenvalue weighted by Gasteiger charge is 2.11. The van der Waals surface area contributed by atoms with Gasteiger partial charge in [-0.05, 0) is 13.8 Å². The van der Waals surface area contributed by atoms with Crippen molar-refractivity contribution >= 4 is 23.1 Å². The largest absolute Gasteiger partial charge is 0.480 e. The van der Waals surface area contributed by atoms with Crippen molar-refractivity contribution in [3.05, 3.63) is 11.5 Å². The van der Waals surface area contributed by atoms with Crippen molar-refractivity contribution in [2.45, 2.75) is 13.8 Å². The molecule has 7 nitrogen and oxygen atoms in total. The van der Waals surface area contributed by atoms with Crippen molar-refractivity contribution in [1.82, 2.24) is 19.5 Å². The first-order chi connectivity index (χ1) is 7.99. The second kappa shape index (κ2) is 4.00. The second-order valence-electron chi connectivity index (χ2n) is 3.77. The molecule has 0 saturated heterocycles. The summed E-state index contributed by atoms with van der Waals surface area (Å²) in [6.07, 6.45) is 0. The molecule has 7 heteroatoms. The summed E-state index contributed by atoms with van der Waals surface area (Å²) in [5.41, 5.74) is 2.17. The highest BCUT2D eigenvalue weighted by Crippen LogP contribution is 2.16. The van der Waals surface area contributed by atoms with E-state index in [2.05, 4.69) is 20.3 Å². The number of rotatable bonds is 3. The number of hydrogen-bond donors (Lipinski definition) is 2. The van der Waals surface area contributed by atoms with Gasteiger partial charge in [0.2, 0.25) is 5.95 Å². The maximum atomic E-state index is 10.5. The molecule has 2 aromatic rings. The number of imidazole rings is 1. The van der Waals surface area contributed by atoms with Gasteiger partial charge in [-0.15, -0.1) is 0 Å². The van der Waals surface area contributed by atoms with E-state index in [0.717, 1.165) is 17.0 Å². The number of aromatic nitrogens is 4. The van der Waals surface area contributed by atoms with Gasteiger partial charge in [-0.3, -0.25) is 4.79 Å². The Balaban J connectivity index is 2.46. The minimum atomic E-state index is -0.951. The molecular weight excluding hydrogens is 222 g/mol. The molecule has 0 bridgehead atoms. The third kappa shape index (κ3) is 2.03. The summed E-state index contributed by atoms with van der Waals surface area (Å²) in [4.78, 5) is 23.2. The standard InChI is InChI=1S/C10H13N5O2/c1-5-8-9(15(3)6(2)13-8)14-10(12-5)11-4-7(16)17/h4H2,1-3H3,(H,16,17)(H,11,12,14). The SMILES string of the molecule is Cc1nc(NCC(=O)O)nc2c1nc(C)n2C. The molecular formula is C10H13N5O2. The van der Waals surface area contributed by atoms with Crippen molar-refractivity contribution in [3.8, 4) is 0 Å². The summed E-state index contributed by atoms with van der Waals surface area (Å²) in [6.45, 7) is 3.50. The molecule has 2 aromatic heterocycles. The lowest BCUT2D eigenvalue weighted by molar-refractivity contribution is -0.134. The maximum Gasteiger partial charge on any atom is 0.322 e. The molecule has 2 rings (SSSR count). The van der Waals surface area contributed by atoms with E-state index in [0.29, 0.717) is 11.6 Å². The highest BCUT2D eigenvalue weighted by atomic mass is 16.4. The lowest BCUT2D eigenvalue weighted by Crippen LogP contribution is -2.14. The van der Waals surface area contributed by atoms with Crippen LogP contribution < -0.4 is 5.32 Å². The van der Waals surface area contributed by atoms with Gasteiger partial charge in [0.15, 0.2) is 5.65 Å². The van der Waals surface area contributed by atoms with Gasteiger partial charge in [-0.1, -0.05) is 0 Å². The smallest absolute Gasteiger partial charge is 0.322 e. The van der Waals surface area contributed by atoms with E-state index < -0.39 is 5.97 Å². The topological polar surface area (TPSA) is 92.9 Å². The summed E-state index contributed by atoms with van der Waals surface area (Å²) in [6, 6.07) is 0. The minimum absolute atomic E-state index is 0.207. The summed E-state index contributed by atoms with van der Waals surface area (Å²) in [7, 11) is 1.86. The van der Waals surface area contributed by atoms with Crippen LogP contribution in [0.15, 0.2) is 0 Å². The average molecular weight is 235 g/mol. The molecule has 0 fully saturated rings. The van der Waals surface area contributed by atoms with Crippen LogP contribution in [0.1, 0.15) is 11.5 Å². The molecule has 0 aliphatic carbocycles. The normalized spacial score (nSPS) is 10.8. The fourth-order valence-electron chi connectivity index (χ4n) is 1.54. The zero-order valence-electron chi connectivity index (χ0n) is 9.85. The Morgan fingerprint density at radius 3 is 2.71 bits per heavy atom. The number of nitrogens with zero attached hydrogens (tertiary/aromatic N) is 4. The lowest BCUT2D eigenvalue weighted by Gasteiger charge is -2.03. The number of aryl methyl sites for hydroxylation is 3. The Morgan fingerprint density at radius 2 is 2.06 bits per heavy atom. The fourth-order valence-corrected chi connectivity index (χ4v) is 1.54. The van der Waals surface area contributed by atoms with Gasteiger partial charge in [0.1, 0.15) is 17.9 Å². The number of carboxylic acids is 1. The quantitative estimate of drug-likeness (QED) is 0.803. The first-order valence-corrected chi connectivity index (χ1v) is 5.12. The molecule has 0 radical (unpaired) electrons. The van der Waals surface area contributed by atoms with Gasteiger partial charge in [0.25, 0.3) is 0 Å². The molecule has 2 N–H and O–H groups in total. The van der Waals surface area contributed by atoms with Crippen LogP contribution in [0.3, 0.4) is 0 Å². The Bertz CT molecular complexity index is 590. The first-order valence-electron chi connectivity index (χ1n) is 5.12. The summed E-state index contributed by atoms with van der Waals surface area (Å²) in [5, 5.41) is 11.2. The van der Waals surface area contributed by atoms with Crippen LogP contribution in [0, 0.1) is 13.8 Å². The molecule has 0 aromatic carbocycles. The summed E-state index contributed by atoms with van der Waals surface area (Å²) < 4.78 is 1.84. The molecule has 0 unspecified atom stereocenters. The number of carbonyl (C=O) groups is 1. The monoisotopic (exact) mass is 235 g/mol. The average Bonchev–Trinajstić information content (AvgIpc) is 2.54. The first kappa shape index (κ1) is 11.3. The van der Waals surface area contributed by atoms with Crippen LogP contribution in [-0.2, 0) is 11.8 Å². The van der Waals surface area contributed by atoms with Crippen molar-refractivity contribution in [1.29, 1.82) is 0 Å². The van der Waals surface area contributed by atoms with Crippen LogP contribution in [-0.4, -0.2) is 37.1 Å². The molecule has 0 amide bonds. The molecule has 0 aliphatic rings. The number of aliphatic carboxylic acids is 1. The van der Waals surface area contributed by atoms with Gasteiger partial charge in [-0.25, -0.2) is 9.97 Å². The van der Waals surface area contributed by atoms with Crippen LogP contribution in [0.25, 0.3) is 11.2 Å². The zero-order chi connectivity index (χ0) is 12.6. The third-order valence-electron chi connectivity index (χ3n) is 2.51. The van der Waals surface area contributed by atoms with Crippen molar-refractivity contribution < 1.29 is 9.90 Å². The van der Waals surface area contributed by atoms with E-state index in [1.807, 2.05) is 25.5 Å². The van der Waals surface area contributed by atoms with Gasteiger partial charge >= 0.3 is 5.97 Å².